The van der Waals surface area contributed by atoms with Crippen molar-refractivity contribution in [3.8, 4) is 22.1 Å². The Hall–Kier alpha value is -3.52. The summed E-state index contributed by atoms with van der Waals surface area (Å²) >= 11 is 1.33. The first kappa shape index (κ1) is 21.7. The molecule has 164 valence electrons. The van der Waals surface area contributed by atoms with Crippen LogP contribution >= 0.6 is 11.3 Å². The Kier molecular flexibility index (Phi) is 6.32. The zero-order chi connectivity index (χ0) is 22.7. The Morgan fingerprint density at radius 1 is 1.12 bits per heavy atom. The van der Waals surface area contributed by atoms with Gasteiger partial charge in [-0.2, -0.15) is 0 Å². The molecule has 0 aliphatic rings. The number of amides is 1. The van der Waals surface area contributed by atoms with Gasteiger partial charge in [-0.25, -0.2) is 9.67 Å². The van der Waals surface area contributed by atoms with Gasteiger partial charge in [0.05, 0.1) is 29.7 Å². The number of hydrogen-bond acceptors (Lipinski definition) is 6. The van der Waals surface area contributed by atoms with Gasteiger partial charge in [0, 0.05) is 0 Å². The molecule has 0 saturated heterocycles. The topological polar surface area (TPSA) is 81.9 Å². The van der Waals surface area contributed by atoms with Crippen LogP contribution in [0.4, 0.5) is 0 Å². The third-order valence-corrected chi connectivity index (χ3v) is 6.30. The SMILES string of the molecule is CCOc1ccc(-n2nnc(-c3nc(C)c(C(=O)N[C@@H](C)c4ccccc4)s3)c2C)cc1. The number of benzene rings is 2. The van der Waals surface area contributed by atoms with E-state index in [2.05, 4.69) is 20.6 Å². The van der Waals surface area contributed by atoms with Crippen molar-refractivity contribution in [3.63, 3.8) is 0 Å². The highest BCUT2D eigenvalue weighted by Crippen LogP contribution is 2.30. The Labute approximate surface area is 191 Å². The number of aryl methyl sites for hydroxylation is 1. The molecule has 7 nitrogen and oxygen atoms in total. The van der Waals surface area contributed by atoms with Gasteiger partial charge < -0.3 is 10.1 Å². The molecule has 0 aliphatic carbocycles. The summed E-state index contributed by atoms with van der Waals surface area (Å²) in [6, 6.07) is 17.5. The normalized spacial score (nSPS) is 11.9. The molecule has 32 heavy (non-hydrogen) atoms. The Morgan fingerprint density at radius 2 is 1.84 bits per heavy atom. The molecule has 1 amide bonds. The molecule has 0 spiro atoms. The van der Waals surface area contributed by atoms with Gasteiger partial charge in [0.2, 0.25) is 0 Å². The predicted molar refractivity (Wildman–Crippen MR) is 125 cm³/mol. The van der Waals surface area contributed by atoms with Gasteiger partial charge in [-0.15, -0.1) is 16.4 Å². The fourth-order valence-corrected chi connectivity index (χ4v) is 4.42. The van der Waals surface area contributed by atoms with Crippen LogP contribution in [-0.2, 0) is 0 Å². The number of ether oxygens (including phenoxy) is 1. The minimum Gasteiger partial charge on any atom is -0.494 e. The summed E-state index contributed by atoms with van der Waals surface area (Å²) in [5.41, 5.74) is 4.14. The number of aromatic nitrogens is 4. The molecule has 8 heteroatoms. The van der Waals surface area contributed by atoms with Gasteiger partial charge in [-0.1, -0.05) is 35.5 Å². The van der Waals surface area contributed by atoms with Gasteiger partial charge in [0.15, 0.2) is 0 Å². The minimum atomic E-state index is -0.140. The third kappa shape index (κ3) is 4.40. The van der Waals surface area contributed by atoms with Gasteiger partial charge >= 0.3 is 0 Å². The largest absolute Gasteiger partial charge is 0.494 e. The molecular weight excluding hydrogens is 422 g/mol. The van der Waals surface area contributed by atoms with Crippen LogP contribution in [0.2, 0.25) is 0 Å². The lowest BCUT2D eigenvalue weighted by Crippen LogP contribution is -2.26. The molecule has 2 heterocycles. The van der Waals surface area contributed by atoms with Crippen LogP contribution in [0.25, 0.3) is 16.4 Å². The molecule has 4 rings (SSSR count). The molecule has 0 fully saturated rings. The molecule has 0 saturated carbocycles. The van der Waals surface area contributed by atoms with Crippen molar-refractivity contribution < 1.29 is 9.53 Å². The molecule has 0 aliphatic heterocycles. The molecule has 4 aromatic rings. The maximum atomic E-state index is 12.9. The second-order valence-corrected chi connectivity index (χ2v) is 8.40. The third-order valence-electron chi connectivity index (χ3n) is 5.14. The van der Waals surface area contributed by atoms with Gasteiger partial charge in [-0.05, 0) is 57.5 Å². The summed E-state index contributed by atoms with van der Waals surface area (Å²) < 4.78 is 7.27. The Bertz CT molecular complexity index is 1220. The monoisotopic (exact) mass is 447 g/mol. The number of rotatable bonds is 7. The molecule has 0 radical (unpaired) electrons. The Morgan fingerprint density at radius 3 is 2.53 bits per heavy atom. The van der Waals surface area contributed by atoms with E-state index in [1.165, 1.54) is 11.3 Å². The predicted octanol–water partition coefficient (Wildman–Crippen LogP) is 4.90. The quantitative estimate of drug-likeness (QED) is 0.436. The minimum absolute atomic E-state index is 0.101. The van der Waals surface area contributed by atoms with Crippen molar-refractivity contribution in [1.29, 1.82) is 0 Å². The molecular formula is C24H25N5O2S. The van der Waals surface area contributed by atoms with Crippen molar-refractivity contribution in [1.82, 2.24) is 25.3 Å². The molecule has 1 atom stereocenters. The summed E-state index contributed by atoms with van der Waals surface area (Å²) in [7, 11) is 0. The fourth-order valence-electron chi connectivity index (χ4n) is 3.42. The average molecular weight is 448 g/mol. The number of carbonyl (C=O) groups excluding carboxylic acids is 1. The summed E-state index contributed by atoms with van der Waals surface area (Å²) in [5.74, 6) is 0.671. The molecule has 1 N–H and O–H groups in total. The second-order valence-electron chi connectivity index (χ2n) is 7.40. The molecule has 0 bridgehead atoms. The van der Waals surface area contributed by atoms with Gasteiger partial charge in [0.1, 0.15) is 21.3 Å². The van der Waals surface area contributed by atoms with Crippen molar-refractivity contribution in [3.05, 3.63) is 76.4 Å². The standard InChI is InChI=1S/C24H25N5O2S/c1-5-31-20-13-11-19(12-14-20)29-17(4)21(27-28-29)24-26-16(3)22(32-24)23(30)25-15(2)18-9-7-6-8-10-18/h6-15H,5H2,1-4H3,(H,25,30)/t15-/m0/s1. The van der Waals surface area contributed by atoms with E-state index < -0.39 is 0 Å². The van der Waals surface area contributed by atoms with E-state index in [4.69, 9.17) is 4.74 Å². The van der Waals surface area contributed by atoms with Gasteiger partial charge in [0.25, 0.3) is 5.91 Å². The van der Waals surface area contributed by atoms with E-state index in [0.29, 0.717) is 27.9 Å². The smallest absolute Gasteiger partial charge is 0.263 e. The summed E-state index contributed by atoms with van der Waals surface area (Å²) in [5, 5.41) is 12.4. The fraction of sp³-hybridized carbons (Fsp3) is 0.250. The van der Waals surface area contributed by atoms with Crippen molar-refractivity contribution in [2.24, 2.45) is 0 Å². The van der Waals surface area contributed by atoms with Crippen LogP contribution in [0.5, 0.6) is 5.75 Å². The summed E-state index contributed by atoms with van der Waals surface area (Å²) in [6.07, 6.45) is 0. The first-order valence-corrected chi connectivity index (χ1v) is 11.3. The second kappa shape index (κ2) is 9.32. The van der Waals surface area contributed by atoms with Crippen molar-refractivity contribution >= 4 is 17.2 Å². The highest BCUT2D eigenvalue weighted by Gasteiger charge is 2.22. The lowest BCUT2D eigenvalue weighted by atomic mass is 10.1. The maximum absolute atomic E-state index is 12.9. The Balaban J connectivity index is 1.55. The van der Waals surface area contributed by atoms with Crippen LogP contribution in [-0.4, -0.2) is 32.5 Å². The van der Waals surface area contributed by atoms with E-state index in [1.807, 2.05) is 82.3 Å². The summed E-state index contributed by atoms with van der Waals surface area (Å²) in [6.45, 7) is 8.33. The van der Waals surface area contributed by atoms with Crippen LogP contribution < -0.4 is 10.1 Å². The van der Waals surface area contributed by atoms with E-state index >= 15 is 0 Å². The van der Waals surface area contributed by atoms with E-state index in [0.717, 1.165) is 22.7 Å². The molecule has 2 aromatic carbocycles. The number of carbonyl (C=O) groups is 1. The zero-order valence-electron chi connectivity index (χ0n) is 18.5. The average Bonchev–Trinajstić information content (AvgIpc) is 3.37. The van der Waals surface area contributed by atoms with Crippen molar-refractivity contribution in [2.45, 2.75) is 33.7 Å². The maximum Gasteiger partial charge on any atom is 0.263 e. The molecule has 2 aromatic heterocycles. The lowest BCUT2D eigenvalue weighted by Gasteiger charge is -2.13. The first-order chi connectivity index (χ1) is 15.5. The van der Waals surface area contributed by atoms with Crippen molar-refractivity contribution in [2.75, 3.05) is 6.61 Å². The van der Waals surface area contributed by atoms with Crippen LogP contribution in [0.3, 0.4) is 0 Å². The molecule has 0 unspecified atom stereocenters. The highest BCUT2D eigenvalue weighted by atomic mass is 32.1. The number of thiazole rings is 1. The van der Waals surface area contributed by atoms with E-state index in [9.17, 15) is 4.79 Å². The van der Waals surface area contributed by atoms with Gasteiger partial charge in [-0.3, -0.25) is 4.79 Å². The number of hydrogen-bond donors (Lipinski definition) is 1. The highest BCUT2D eigenvalue weighted by molar-refractivity contribution is 7.17. The van der Waals surface area contributed by atoms with E-state index in [-0.39, 0.29) is 11.9 Å². The van der Waals surface area contributed by atoms with Crippen LogP contribution in [0, 0.1) is 13.8 Å². The van der Waals surface area contributed by atoms with E-state index in [1.54, 1.807) is 4.68 Å². The summed E-state index contributed by atoms with van der Waals surface area (Å²) in [4.78, 5) is 18.1. The number of nitrogens with zero attached hydrogens (tertiary/aromatic N) is 4. The van der Waals surface area contributed by atoms with Crippen LogP contribution in [0.15, 0.2) is 54.6 Å². The lowest BCUT2D eigenvalue weighted by molar-refractivity contribution is 0.0943. The number of nitrogens with one attached hydrogen (secondary N) is 1. The first-order valence-electron chi connectivity index (χ1n) is 10.5. The zero-order valence-corrected chi connectivity index (χ0v) is 19.3. The van der Waals surface area contributed by atoms with Crippen LogP contribution in [0.1, 0.15) is 46.5 Å².